The summed E-state index contributed by atoms with van der Waals surface area (Å²) >= 11 is 0. The maximum atomic E-state index is 14.0. The number of phenolic OH excluding ortho intramolecular Hbond substituents is 1. The van der Waals surface area contributed by atoms with E-state index < -0.39 is 82.5 Å². The van der Waals surface area contributed by atoms with Gasteiger partial charge in [-0.3, -0.25) is 24.0 Å². The van der Waals surface area contributed by atoms with Crippen LogP contribution in [-0.4, -0.2) is 66.0 Å². The standard InChI is InChI=1S/C33H36N4O8/c1-11-16-2-3-18(36-32-35-10-19(37-32)22-14-5-12-4-13(7-14)8-15(22)6-12)27(40)23(16)28(41)25-21(11)26(39)17-9-20(38)24(31(34)44)29(42)33(17,45)30(25)43/h2-3,10-15,17,21-22,24-26,39-40,45H,4-9H2,1H3,(H2,34,44)(H2,35,36,37)/t11-,12?,13?,14?,15?,17+,21+,22?,24?,25?,26+,33+/m0/s1. The number of imidazole rings is 1. The highest BCUT2D eigenvalue weighted by Gasteiger charge is 2.70. The smallest absolute Gasteiger partial charge is 0.235 e. The van der Waals surface area contributed by atoms with Crippen molar-refractivity contribution in [2.75, 3.05) is 5.32 Å². The SMILES string of the molecule is C[C@H]1c2ccc(Nc3ncc(C4C5CC6CC(C5)CC4C6)[nH]3)c(O)c2C(=O)C2C(=O)[C@]3(O)C(=O)C(C(N)=O)C(=O)C[C@@H]3[C@@H](O)[C@@H]21. The number of phenols is 1. The third-order valence-electron chi connectivity index (χ3n) is 12.3. The number of nitrogens with zero attached hydrogens (tertiary/aromatic N) is 1. The van der Waals surface area contributed by atoms with Crippen LogP contribution in [0, 0.1) is 47.3 Å². The van der Waals surface area contributed by atoms with Crippen molar-refractivity contribution in [1.29, 1.82) is 0 Å². The zero-order chi connectivity index (χ0) is 31.7. The minimum Gasteiger partial charge on any atom is -0.505 e. The molecule has 9 rings (SSSR count). The van der Waals surface area contributed by atoms with E-state index >= 15 is 0 Å². The first-order valence-corrected chi connectivity index (χ1v) is 15.9. The Balaban J connectivity index is 1.11. The number of fused-ring (bicyclic) bond motifs is 3. The quantitative estimate of drug-likeness (QED) is 0.217. The second-order valence-electron chi connectivity index (χ2n) is 14.5. The number of hydrogen-bond donors (Lipinski definition) is 6. The third-order valence-corrected chi connectivity index (χ3v) is 12.3. The lowest BCUT2D eigenvalue weighted by Gasteiger charge is -2.54. The monoisotopic (exact) mass is 616 g/mol. The molecular formula is C33H36N4O8. The molecule has 6 fully saturated rings. The second kappa shape index (κ2) is 9.56. The van der Waals surface area contributed by atoms with Crippen LogP contribution in [0.5, 0.6) is 5.75 Å². The Morgan fingerprint density at radius 1 is 1.04 bits per heavy atom. The number of primary amides is 1. The van der Waals surface area contributed by atoms with Crippen LogP contribution in [0.25, 0.3) is 0 Å². The molecular weight excluding hydrogens is 580 g/mol. The van der Waals surface area contributed by atoms with E-state index in [9.17, 15) is 39.3 Å². The first kappa shape index (κ1) is 28.6. The molecule has 7 N–H and O–H groups in total. The van der Waals surface area contributed by atoms with Crippen LogP contribution in [0.15, 0.2) is 18.3 Å². The van der Waals surface area contributed by atoms with E-state index in [-0.39, 0.29) is 11.3 Å². The zero-order valence-corrected chi connectivity index (χ0v) is 24.7. The van der Waals surface area contributed by atoms with Crippen molar-refractivity contribution < 1.29 is 39.3 Å². The fourth-order valence-electron chi connectivity index (χ4n) is 10.6. The topological polar surface area (TPSA) is 213 Å². The average Bonchev–Trinajstić information content (AvgIpc) is 3.43. The Morgan fingerprint density at radius 3 is 2.36 bits per heavy atom. The van der Waals surface area contributed by atoms with E-state index in [0.29, 0.717) is 29.3 Å². The molecule has 7 atom stereocenters. The summed E-state index contributed by atoms with van der Waals surface area (Å²) in [4.78, 5) is 73.6. The molecule has 12 nitrogen and oxygen atoms in total. The van der Waals surface area contributed by atoms with Crippen LogP contribution in [0.2, 0.25) is 0 Å². The summed E-state index contributed by atoms with van der Waals surface area (Å²) in [5.41, 5.74) is 3.76. The van der Waals surface area contributed by atoms with Gasteiger partial charge in [-0.05, 0) is 73.3 Å². The number of aromatic nitrogens is 2. The third kappa shape index (κ3) is 3.78. The number of aliphatic hydroxyl groups excluding tert-OH is 1. The maximum Gasteiger partial charge on any atom is 0.235 e. The van der Waals surface area contributed by atoms with Gasteiger partial charge in [0.15, 0.2) is 34.7 Å². The number of nitrogens with one attached hydrogen (secondary N) is 2. The summed E-state index contributed by atoms with van der Waals surface area (Å²) in [6.07, 6.45) is 5.99. The highest BCUT2D eigenvalue weighted by molar-refractivity contribution is 6.31. The number of aliphatic hydroxyl groups is 2. The van der Waals surface area contributed by atoms with Gasteiger partial charge in [-0.25, -0.2) is 4.98 Å². The molecule has 4 bridgehead atoms. The van der Waals surface area contributed by atoms with Crippen LogP contribution >= 0.6 is 0 Å². The van der Waals surface area contributed by atoms with E-state index in [0.717, 1.165) is 17.5 Å². The molecule has 0 aliphatic heterocycles. The van der Waals surface area contributed by atoms with Crippen LogP contribution in [0.3, 0.4) is 0 Å². The number of benzene rings is 1. The number of rotatable bonds is 4. The number of hydrogen-bond acceptors (Lipinski definition) is 10. The lowest BCUT2D eigenvalue weighted by molar-refractivity contribution is -0.189. The lowest BCUT2D eigenvalue weighted by atomic mass is 9.50. The predicted molar refractivity (Wildman–Crippen MR) is 156 cm³/mol. The van der Waals surface area contributed by atoms with Crippen LogP contribution < -0.4 is 11.1 Å². The van der Waals surface area contributed by atoms with Crippen LogP contribution in [0.4, 0.5) is 11.6 Å². The van der Waals surface area contributed by atoms with Gasteiger partial charge in [0.05, 0.1) is 29.5 Å². The van der Waals surface area contributed by atoms with E-state index in [4.69, 9.17) is 5.73 Å². The molecule has 7 aliphatic carbocycles. The number of aromatic hydroxyl groups is 1. The van der Waals surface area contributed by atoms with Crippen molar-refractivity contribution in [2.24, 2.45) is 53.1 Å². The number of amides is 1. The van der Waals surface area contributed by atoms with Gasteiger partial charge < -0.3 is 31.4 Å². The highest BCUT2D eigenvalue weighted by Crippen LogP contribution is 2.60. The largest absolute Gasteiger partial charge is 0.505 e. The van der Waals surface area contributed by atoms with E-state index in [1.54, 1.807) is 19.1 Å². The molecule has 1 amide bonds. The second-order valence-corrected chi connectivity index (χ2v) is 14.5. The average molecular weight is 617 g/mol. The van der Waals surface area contributed by atoms with Crippen molar-refractivity contribution in [3.63, 3.8) is 0 Å². The molecule has 1 aromatic carbocycles. The van der Waals surface area contributed by atoms with Crippen LogP contribution in [-0.2, 0) is 19.2 Å². The van der Waals surface area contributed by atoms with Crippen molar-refractivity contribution in [3.05, 3.63) is 35.2 Å². The Bertz CT molecular complexity index is 1670. The zero-order valence-electron chi connectivity index (χ0n) is 24.7. The summed E-state index contributed by atoms with van der Waals surface area (Å²) in [5, 5.41) is 37.4. The van der Waals surface area contributed by atoms with Gasteiger partial charge in [0.2, 0.25) is 11.9 Å². The van der Waals surface area contributed by atoms with Gasteiger partial charge in [0.1, 0.15) is 5.75 Å². The summed E-state index contributed by atoms with van der Waals surface area (Å²) in [5.74, 6) is -9.34. The van der Waals surface area contributed by atoms with Gasteiger partial charge >= 0.3 is 0 Å². The van der Waals surface area contributed by atoms with E-state index in [1.165, 1.54) is 32.1 Å². The maximum absolute atomic E-state index is 14.0. The molecule has 1 aromatic heterocycles. The molecule has 236 valence electrons. The molecule has 1 heterocycles. The molecule has 0 radical (unpaired) electrons. The molecule has 2 aromatic rings. The molecule has 0 spiro atoms. The van der Waals surface area contributed by atoms with Gasteiger partial charge in [-0.15, -0.1) is 0 Å². The number of H-pyrrole nitrogens is 1. The Labute approximate surface area is 258 Å². The molecule has 7 aliphatic rings. The number of nitrogens with two attached hydrogens (primary N) is 1. The normalized spacial score (nSPS) is 41.4. The summed E-state index contributed by atoms with van der Waals surface area (Å²) < 4.78 is 0. The number of aromatic amines is 1. The van der Waals surface area contributed by atoms with Crippen molar-refractivity contribution in [1.82, 2.24) is 9.97 Å². The minimum atomic E-state index is -2.95. The van der Waals surface area contributed by atoms with Gasteiger partial charge in [0, 0.05) is 29.9 Å². The molecule has 12 heteroatoms. The van der Waals surface area contributed by atoms with Crippen molar-refractivity contribution in [3.8, 4) is 5.75 Å². The number of ketones is 4. The first-order chi connectivity index (χ1) is 21.4. The summed E-state index contributed by atoms with van der Waals surface area (Å²) in [6.45, 7) is 1.68. The minimum absolute atomic E-state index is 0.157. The van der Waals surface area contributed by atoms with E-state index in [1.807, 2.05) is 6.20 Å². The van der Waals surface area contributed by atoms with Crippen LogP contribution in [0.1, 0.15) is 78.9 Å². The molecule has 2 unspecified atom stereocenters. The van der Waals surface area contributed by atoms with Crippen molar-refractivity contribution in [2.45, 2.75) is 69.0 Å². The Morgan fingerprint density at radius 2 is 1.71 bits per heavy atom. The summed E-state index contributed by atoms with van der Waals surface area (Å²) in [6, 6.07) is 3.23. The number of anilines is 2. The number of carbonyl (C=O) groups is 5. The highest BCUT2D eigenvalue weighted by atomic mass is 16.3. The van der Waals surface area contributed by atoms with Crippen molar-refractivity contribution >= 4 is 40.7 Å². The molecule has 0 saturated heterocycles. The predicted octanol–water partition coefficient (Wildman–Crippen LogP) is 1.87. The summed E-state index contributed by atoms with van der Waals surface area (Å²) in [7, 11) is 0. The Hall–Kier alpha value is -3.90. The fraction of sp³-hybridized carbons (Fsp3) is 0.576. The fourth-order valence-corrected chi connectivity index (χ4v) is 10.6. The first-order valence-electron chi connectivity index (χ1n) is 15.9. The Kier molecular flexibility index (Phi) is 6.07. The van der Waals surface area contributed by atoms with Gasteiger partial charge in [0.25, 0.3) is 0 Å². The molecule has 45 heavy (non-hydrogen) atoms. The lowest BCUT2D eigenvalue weighted by Crippen LogP contribution is -2.72. The number of carbonyl (C=O) groups excluding carboxylic acids is 5. The van der Waals surface area contributed by atoms with Gasteiger partial charge in [-0.1, -0.05) is 13.0 Å². The van der Waals surface area contributed by atoms with E-state index in [2.05, 4.69) is 15.3 Å². The molecule has 6 saturated carbocycles. The number of Topliss-reactive ketones (excluding diaryl/α,β-unsaturated/α-hetero) is 4. The van der Waals surface area contributed by atoms with Gasteiger partial charge in [-0.2, -0.15) is 0 Å².